The van der Waals surface area contributed by atoms with Crippen LogP contribution in [-0.2, 0) is 25.3 Å². The fraction of sp³-hybridized carbons (Fsp3) is 0.654. The topological polar surface area (TPSA) is 107 Å². The number of methoxy groups -OCH3 is 1. The Labute approximate surface area is 207 Å². The molecule has 35 heavy (non-hydrogen) atoms. The lowest BCUT2D eigenvalue weighted by atomic mass is 9.43. The SMILES string of the molecule is CCOC(=O)c1cccc(CC(NC(=O)CCC#N)B2OC3CC4CC(C4(C)C)C3(C)O2)c1OC. The molecule has 4 aliphatic rings. The van der Waals surface area contributed by atoms with Crippen LogP contribution in [0.25, 0.3) is 0 Å². The van der Waals surface area contributed by atoms with E-state index in [4.69, 9.17) is 24.0 Å². The highest BCUT2D eigenvalue weighted by Crippen LogP contribution is 2.65. The summed E-state index contributed by atoms with van der Waals surface area (Å²) < 4.78 is 23.9. The van der Waals surface area contributed by atoms with Crippen molar-refractivity contribution in [3.05, 3.63) is 29.3 Å². The molecule has 1 heterocycles. The Morgan fingerprint density at radius 2 is 2.09 bits per heavy atom. The number of rotatable bonds is 9. The van der Waals surface area contributed by atoms with Crippen molar-refractivity contribution in [2.75, 3.05) is 13.7 Å². The molecule has 1 aromatic carbocycles. The molecule has 5 rings (SSSR count). The second-order valence-corrected chi connectivity index (χ2v) is 10.6. The molecule has 9 heteroatoms. The van der Waals surface area contributed by atoms with Gasteiger partial charge >= 0.3 is 13.1 Å². The lowest BCUT2D eigenvalue weighted by molar-refractivity contribution is -0.199. The summed E-state index contributed by atoms with van der Waals surface area (Å²) >= 11 is 0. The Kier molecular flexibility index (Phi) is 7.17. The van der Waals surface area contributed by atoms with Crippen LogP contribution in [0.15, 0.2) is 18.2 Å². The van der Waals surface area contributed by atoms with E-state index in [9.17, 15) is 9.59 Å². The van der Waals surface area contributed by atoms with E-state index in [1.807, 2.05) is 12.1 Å². The number of para-hydroxylation sites is 1. The van der Waals surface area contributed by atoms with Crippen molar-refractivity contribution in [1.82, 2.24) is 5.32 Å². The molecule has 0 spiro atoms. The van der Waals surface area contributed by atoms with Crippen molar-refractivity contribution in [2.24, 2.45) is 17.3 Å². The minimum atomic E-state index is -0.651. The predicted molar refractivity (Wildman–Crippen MR) is 130 cm³/mol. The maximum Gasteiger partial charge on any atom is 0.482 e. The molecule has 1 amide bonds. The van der Waals surface area contributed by atoms with Gasteiger partial charge in [0.15, 0.2) is 0 Å². The number of carbonyl (C=O) groups excluding carboxylic acids is 2. The molecule has 1 aliphatic heterocycles. The van der Waals surface area contributed by atoms with E-state index in [1.54, 1.807) is 19.1 Å². The van der Waals surface area contributed by atoms with Gasteiger partial charge in [-0.1, -0.05) is 26.0 Å². The third-order valence-electron chi connectivity index (χ3n) is 8.34. The quantitative estimate of drug-likeness (QED) is 0.424. The number of nitriles is 1. The number of nitrogens with zero attached hydrogens (tertiary/aromatic N) is 1. The highest BCUT2D eigenvalue weighted by atomic mass is 16.7. The summed E-state index contributed by atoms with van der Waals surface area (Å²) in [4.78, 5) is 25.1. The largest absolute Gasteiger partial charge is 0.496 e. The third kappa shape index (κ3) is 4.54. The molecule has 1 aromatic rings. The van der Waals surface area contributed by atoms with E-state index in [1.165, 1.54) is 7.11 Å². The second-order valence-electron chi connectivity index (χ2n) is 10.6. The van der Waals surface area contributed by atoms with Gasteiger partial charge in [-0.25, -0.2) is 4.79 Å². The van der Waals surface area contributed by atoms with Gasteiger partial charge in [-0.3, -0.25) is 4.79 Å². The van der Waals surface area contributed by atoms with Gasteiger partial charge in [0.05, 0.1) is 37.4 Å². The Morgan fingerprint density at radius 3 is 2.74 bits per heavy atom. The molecule has 5 atom stereocenters. The standard InChI is InChI=1S/C26H35BN2O6/c1-6-33-24(31)18-10-7-9-16(23(18)32-5)13-21(29-22(30)11-8-12-28)27-34-20-15-17-14-19(25(17,2)3)26(20,4)35-27/h7,9-10,17,19-21H,6,8,11,13-15H2,1-5H3,(H,29,30). The third-order valence-corrected chi connectivity index (χ3v) is 8.34. The van der Waals surface area contributed by atoms with Crippen LogP contribution in [0.5, 0.6) is 5.75 Å². The van der Waals surface area contributed by atoms with Gasteiger partial charge in [0.1, 0.15) is 11.3 Å². The average Bonchev–Trinajstić information content (AvgIpc) is 3.19. The summed E-state index contributed by atoms with van der Waals surface area (Å²) in [5, 5.41) is 11.9. The van der Waals surface area contributed by atoms with Gasteiger partial charge < -0.3 is 24.1 Å². The van der Waals surface area contributed by atoms with Crippen LogP contribution in [-0.4, -0.2) is 50.4 Å². The number of hydrogen-bond acceptors (Lipinski definition) is 7. The molecular weight excluding hydrogens is 447 g/mol. The zero-order chi connectivity index (χ0) is 25.4. The summed E-state index contributed by atoms with van der Waals surface area (Å²) in [6.07, 6.45) is 2.59. The Morgan fingerprint density at radius 1 is 1.31 bits per heavy atom. The number of ether oxygens (including phenoxy) is 2. The van der Waals surface area contributed by atoms with Crippen molar-refractivity contribution in [3.63, 3.8) is 0 Å². The number of nitrogens with one attached hydrogen (secondary N) is 1. The van der Waals surface area contributed by atoms with Gasteiger partial charge in [0.2, 0.25) is 5.91 Å². The molecule has 3 aliphatic carbocycles. The van der Waals surface area contributed by atoms with E-state index >= 15 is 0 Å². The van der Waals surface area contributed by atoms with Gasteiger partial charge in [0.25, 0.3) is 0 Å². The fourth-order valence-corrected chi connectivity index (χ4v) is 6.33. The van der Waals surface area contributed by atoms with Crippen molar-refractivity contribution in [1.29, 1.82) is 5.26 Å². The molecule has 1 saturated heterocycles. The van der Waals surface area contributed by atoms with Crippen LogP contribution in [0.4, 0.5) is 0 Å². The van der Waals surface area contributed by atoms with Crippen LogP contribution in [0, 0.1) is 28.6 Å². The summed E-state index contributed by atoms with van der Waals surface area (Å²) in [6, 6.07) is 7.31. The summed E-state index contributed by atoms with van der Waals surface area (Å²) in [7, 11) is 0.859. The fourth-order valence-electron chi connectivity index (χ4n) is 6.33. The molecule has 5 unspecified atom stereocenters. The van der Waals surface area contributed by atoms with Gasteiger partial charge in [0, 0.05) is 12.8 Å². The van der Waals surface area contributed by atoms with Crippen LogP contribution in [0.2, 0.25) is 0 Å². The average molecular weight is 482 g/mol. The van der Waals surface area contributed by atoms with Crippen molar-refractivity contribution in [2.45, 2.75) is 77.4 Å². The molecule has 188 valence electrons. The number of hydrogen-bond donors (Lipinski definition) is 1. The summed E-state index contributed by atoms with van der Waals surface area (Å²) in [6.45, 7) is 8.75. The van der Waals surface area contributed by atoms with Crippen molar-refractivity contribution < 1.29 is 28.4 Å². The van der Waals surface area contributed by atoms with E-state index in [0.717, 1.165) is 18.4 Å². The molecule has 0 radical (unpaired) electrons. The number of amides is 1. The molecule has 3 saturated carbocycles. The van der Waals surface area contributed by atoms with Gasteiger partial charge in [-0.2, -0.15) is 5.26 Å². The minimum absolute atomic E-state index is 0.0319. The predicted octanol–water partition coefficient (Wildman–Crippen LogP) is 3.47. The minimum Gasteiger partial charge on any atom is -0.496 e. The molecule has 4 fully saturated rings. The monoisotopic (exact) mass is 482 g/mol. The van der Waals surface area contributed by atoms with E-state index in [-0.39, 0.29) is 36.9 Å². The van der Waals surface area contributed by atoms with Crippen LogP contribution < -0.4 is 10.1 Å². The Bertz CT molecular complexity index is 1020. The molecule has 1 N–H and O–H groups in total. The summed E-state index contributed by atoms with van der Waals surface area (Å²) in [5.41, 5.74) is 0.847. The zero-order valence-corrected chi connectivity index (χ0v) is 21.3. The van der Waals surface area contributed by atoms with E-state index in [0.29, 0.717) is 29.6 Å². The first-order valence-electron chi connectivity index (χ1n) is 12.5. The Balaban J connectivity index is 1.60. The number of benzene rings is 1. The van der Waals surface area contributed by atoms with Crippen LogP contribution >= 0.6 is 0 Å². The zero-order valence-electron chi connectivity index (χ0n) is 21.3. The Hall–Kier alpha value is -2.57. The number of carbonyl (C=O) groups is 2. The normalized spacial score (nSPS) is 28.8. The molecule has 2 bridgehead atoms. The van der Waals surface area contributed by atoms with E-state index in [2.05, 4.69) is 26.1 Å². The first-order valence-corrected chi connectivity index (χ1v) is 12.5. The lowest BCUT2D eigenvalue weighted by Gasteiger charge is -2.64. The second kappa shape index (κ2) is 9.83. The maximum atomic E-state index is 12.7. The first-order chi connectivity index (χ1) is 16.6. The van der Waals surface area contributed by atoms with Gasteiger partial charge in [-0.05, 0) is 62.0 Å². The van der Waals surface area contributed by atoms with Crippen molar-refractivity contribution in [3.8, 4) is 11.8 Å². The van der Waals surface area contributed by atoms with Crippen LogP contribution in [0.3, 0.4) is 0 Å². The highest BCUT2D eigenvalue weighted by Gasteiger charge is 2.68. The number of esters is 1. The smallest absolute Gasteiger partial charge is 0.482 e. The first kappa shape index (κ1) is 25.5. The molecule has 8 nitrogen and oxygen atoms in total. The van der Waals surface area contributed by atoms with Crippen molar-refractivity contribution >= 4 is 19.0 Å². The lowest BCUT2D eigenvalue weighted by Crippen LogP contribution is -2.65. The maximum absolute atomic E-state index is 12.7. The highest BCUT2D eigenvalue weighted by molar-refractivity contribution is 6.48. The molecule has 0 aromatic heterocycles. The van der Waals surface area contributed by atoms with Gasteiger partial charge in [-0.15, -0.1) is 0 Å². The summed E-state index contributed by atoms with van der Waals surface area (Å²) in [5.74, 6) is 0.185. The molecular formula is C26H35BN2O6. The van der Waals surface area contributed by atoms with Crippen LogP contribution in [0.1, 0.15) is 69.3 Å². The van der Waals surface area contributed by atoms with E-state index < -0.39 is 24.6 Å².